The fraction of sp³-hybridized carbons (Fsp3) is 0.167. The molecule has 0 fully saturated rings. The van der Waals surface area contributed by atoms with Gasteiger partial charge in [-0.15, -0.1) is 5.10 Å². The summed E-state index contributed by atoms with van der Waals surface area (Å²) < 4.78 is 0. The first-order valence-electron chi connectivity index (χ1n) is 2.76. The predicted octanol–water partition coefficient (Wildman–Crippen LogP) is 0.394. The topological polar surface area (TPSA) is 52.8 Å². The van der Waals surface area contributed by atoms with Gasteiger partial charge in [0.2, 0.25) is 0 Å². The minimum Gasteiger partial charge on any atom is -0.265 e. The number of nitrogens with zero attached hydrogens (tertiary/aromatic N) is 4. The molecule has 1 aromatic heterocycles. The van der Waals surface area contributed by atoms with Crippen molar-refractivity contribution in [1.82, 2.24) is 10.2 Å². The third-order valence-corrected chi connectivity index (χ3v) is 1.05. The summed E-state index contributed by atoms with van der Waals surface area (Å²) in [4.78, 5) is 1.34. The van der Waals surface area contributed by atoms with E-state index in [1.54, 1.807) is 25.4 Å². The summed E-state index contributed by atoms with van der Waals surface area (Å²) in [6.07, 6.45) is 3.48. The predicted molar refractivity (Wildman–Crippen MR) is 36.0 cm³/mol. The average Bonchev–Trinajstić information content (AvgIpc) is 2.05. The minimum absolute atomic E-state index is 0.560. The van der Waals surface area contributed by atoms with Crippen molar-refractivity contribution < 1.29 is 0 Å². The highest BCUT2D eigenvalue weighted by Crippen LogP contribution is 2.01. The summed E-state index contributed by atoms with van der Waals surface area (Å²) in [5.41, 5.74) is 0. The van der Waals surface area contributed by atoms with Crippen LogP contribution in [0.15, 0.2) is 18.3 Å². The lowest BCUT2D eigenvalue weighted by atomic mass is 10.5. The molecule has 10 heavy (non-hydrogen) atoms. The zero-order valence-corrected chi connectivity index (χ0v) is 5.52. The van der Waals surface area contributed by atoms with Crippen molar-refractivity contribution in [1.29, 1.82) is 5.26 Å². The lowest BCUT2D eigenvalue weighted by Crippen LogP contribution is -2.09. The van der Waals surface area contributed by atoms with Crippen LogP contribution >= 0.6 is 0 Å². The molecule has 0 saturated heterocycles. The Kier molecular flexibility index (Phi) is 1.80. The molecule has 0 bridgehead atoms. The Hall–Kier alpha value is -1.63. The lowest BCUT2D eigenvalue weighted by molar-refractivity contribution is 0.988. The van der Waals surface area contributed by atoms with Crippen molar-refractivity contribution >= 4 is 5.82 Å². The Labute approximate surface area is 58.7 Å². The number of hydrogen-bond acceptors (Lipinski definition) is 4. The molecule has 0 aliphatic heterocycles. The highest BCUT2D eigenvalue weighted by molar-refractivity contribution is 5.39. The first-order chi connectivity index (χ1) is 4.84. The van der Waals surface area contributed by atoms with E-state index in [-0.39, 0.29) is 0 Å². The molecule has 1 aromatic rings. The van der Waals surface area contributed by atoms with Gasteiger partial charge in [0.05, 0.1) is 0 Å². The summed E-state index contributed by atoms with van der Waals surface area (Å²) in [7, 11) is 1.63. The molecule has 0 N–H and O–H groups in total. The second kappa shape index (κ2) is 2.78. The van der Waals surface area contributed by atoms with Crippen LogP contribution in [0.4, 0.5) is 5.82 Å². The second-order valence-electron chi connectivity index (χ2n) is 1.74. The van der Waals surface area contributed by atoms with E-state index in [0.29, 0.717) is 5.82 Å². The van der Waals surface area contributed by atoms with Gasteiger partial charge in [0.25, 0.3) is 0 Å². The van der Waals surface area contributed by atoms with E-state index in [1.807, 2.05) is 6.19 Å². The minimum atomic E-state index is 0.560. The van der Waals surface area contributed by atoms with E-state index in [9.17, 15) is 0 Å². The normalized spacial score (nSPS) is 8.40. The largest absolute Gasteiger partial charge is 0.265 e. The van der Waals surface area contributed by atoms with Crippen LogP contribution in [0.5, 0.6) is 0 Å². The molecule has 0 atom stereocenters. The molecule has 0 radical (unpaired) electrons. The standard InChI is InChI=1S/C6H6N4/c1-10(5-7)6-3-2-4-8-9-6/h2-4H,1H3. The molecule has 0 aromatic carbocycles. The van der Waals surface area contributed by atoms with Gasteiger partial charge in [-0.25, -0.2) is 0 Å². The Morgan fingerprint density at radius 1 is 1.70 bits per heavy atom. The van der Waals surface area contributed by atoms with Crippen molar-refractivity contribution in [3.63, 3.8) is 0 Å². The lowest BCUT2D eigenvalue weighted by Gasteiger charge is -2.03. The molecule has 1 rings (SSSR count). The summed E-state index contributed by atoms with van der Waals surface area (Å²) in [5, 5.41) is 15.7. The summed E-state index contributed by atoms with van der Waals surface area (Å²) >= 11 is 0. The molecule has 0 saturated carbocycles. The van der Waals surface area contributed by atoms with E-state index in [4.69, 9.17) is 5.26 Å². The maximum atomic E-state index is 8.40. The summed E-state index contributed by atoms with van der Waals surface area (Å²) in [5.74, 6) is 0.560. The number of rotatable bonds is 1. The highest BCUT2D eigenvalue weighted by atomic mass is 15.2. The summed E-state index contributed by atoms with van der Waals surface area (Å²) in [6.45, 7) is 0. The molecular formula is C6H6N4. The van der Waals surface area contributed by atoms with E-state index in [0.717, 1.165) is 0 Å². The van der Waals surface area contributed by atoms with Gasteiger partial charge in [0, 0.05) is 13.2 Å². The Morgan fingerprint density at radius 2 is 2.50 bits per heavy atom. The SMILES string of the molecule is CN(C#N)c1cccnn1. The quantitative estimate of drug-likeness (QED) is 0.412. The van der Waals surface area contributed by atoms with Crippen LogP contribution in [0.2, 0.25) is 0 Å². The Bertz CT molecular complexity index is 238. The smallest absolute Gasteiger partial charge is 0.185 e. The summed E-state index contributed by atoms with van der Waals surface area (Å²) in [6, 6.07) is 3.45. The first kappa shape index (κ1) is 6.49. The molecule has 4 nitrogen and oxygen atoms in total. The van der Waals surface area contributed by atoms with Gasteiger partial charge in [0.1, 0.15) is 0 Å². The van der Waals surface area contributed by atoms with Gasteiger partial charge < -0.3 is 0 Å². The fourth-order valence-electron chi connectivity index (χ4n) is 0.524. The fourth-order valence-corrected chi connectivity index (χ4v) is 0.524. The molecule has 0 aliphatic carbocycles. The van der Waals surface area contributed by atoms with Crippen molar-refractivity contribution in [3.8, 4) is 6.19 Å². The number of aromatic nitrogens is 2. The van der Waals surface area contributed by atoms with Crippen molar-refractivity contribution in [2.75, 3.05) is 11.9 Å². The molecular weight excluding hydrogens is 128 g/mol. The Morgan fingerprint density at radius 3 is 3.00 bits per heavy atom. The monoisotopic (exact) mass is 134 g/mol. The van der Waals surface area contributed by atoms with E-state index in [2.05, 4.69) is 10.2 Å². The van der Waals surface area contributed by atoms with Crippen LogP contribution in [0.3, 0.4) is 0 Å². The Balaban J connectivity index is 2.88. The van der Waals surface area contributed by atoms with Crippen LogP contribution in [-0.2, 0) is 0 Å². The van der Waals surface area contributed by atoms with Crippen LogP contribution < -0.4 is 4.90 Å². The van der Waals surface area contributed by atoms with Crippen molar-refractivity contribution in [2.24, 2.45) is 0 Å². The molecule has 4 heteroatoms. The molecule has 0 spiro atoms. The second-order valence-corrected chi connectivity index (χ2v) is 1.74. The zero-order valence-electron chi connectivity index (χ0n) is 5.52. The van der Waals surface area contributed by atoms with Gasteiger partial charge in [-0.3, -0.25) is 4.90 Å². The molecule has 0 amide bonds. The van der Waals surface area contributed by atoms with Gasteiger partial charge in [0.15, 0.2) is 12.0 Å². The van der Waals surface area contributed by atoms with Crippen molar-refractivity contribution in [2.45, 2.75) is 0 Å². The molecule has 50 valence electrons. The van der Waals surface area contributed by atoms with Crippen molar-refractivity contribution in [3.05, 3.63) is 18.3 Å². The third-order valence-electron chi connectivity index (χ3n) is 1.05. The van der Waals surface area contributed by atoms with Gasteiger partial charge in [-0.2, -0.15) is 10.4 Å². The van der Waals surface area contributed by atoms with Crippen LogP contribution in [-0.4, -0.2) is 17.2 Å². The maximum absolute atomic E-state index is 8.40. The number of anilines is 1. The van der Waals surface area contributed by atoms with Crippen LogP contribution in [0, 0.1) is 11.5 Å². The van der Waals surface area contributed by atoms with E-state index < -0.39 is 0 Å². The van der Waals surface area contributed by atoms with E-state index >= 15 is 0 Å². The maximum Gasteiger partial charge on any atom is 0.185 e. The highest BCUT2D eigenvalue weighted by Gasteiger charge is 1.96. The molecule has 1 heterocycles. The first-order valence-corrected chi connectivity index (χ1v) is 2.76. The zero-order chi connectivity index (χ0) is 7.40. The van der Waals surface area contributed by atoms with Gasteiger partial charge in [-0.05, 0) is 12.1 Å². The third kappa shape index (κ3) is 1.20. The van der Waals surface area contributed by atoms with Crippen LogP contribution in [0.25, 0.3) is 0 Å². The number of nitriles is 1. The van der Waals surface area contributed by atoms with E-state index in [1.165, 1.54) is 4.90 Å². The molecule has 0 aliphatic rings. The van der Waals surface area contributed by atoms with Gasteiger partial charge >= 0.3 is 0 Å². The number of hydrogen-bond donors (Lipinski definition) is 0. The van der Waals surface area contributed by atoms with Crippen LogP contribution in [0.1, 0.15) is 0 Å². The van der Waals surface area contributed by atoms with Gasteiger partial charge in [-0.1, -0.05) is 0 Å². The molecule has 0 unspecified atom stereocenters. The average molecular weight is 134 g/mol.